The third-order valence-electron chi connectivity index (χ3n) is 12.6. The molecule has 0 bridgehead atoms. The number of carbonyl (C=O) groups excluding carboxylic acids is 1. The van der Waals surface area contributed by atoms with Crippen LogP contribution >= 0.6 is 27.4 Å². The molecule has 0 saturated carbocycles. The van der Waals surface area contributed by atoms with Gasteiger partial charge in [0.25, 0.3) is 0 Å². The normalized spacial score (nSPS) is 47.9. The summed E-state index contributed by atoms with van der Waals surface area (Å²) in [5.41, 5.74) is -3.76. The summed E-state index contributed by atoms with van der Waals surface area (Å²) >= 11 is 0. The minimum absolute atomic E-state index is 0.0636. The first-order chi connectivity index (χ1) is 24.5. The molecule has 20 atom stereocenters. The molecule has 3 fully saturated rings. The lowest BCUT2D eigenvalue weighted by Crippen LogP contribution is -2.61. The Bertz CT molecular complexity index is 1200. The predicted octanol–water partition coefficient (Wildman–Crippen LogP) is 5.39. The predicted molar refractivity (Wildman–Crippen MR) is 208 cm³/mol. The number of carbonyl (C=O) groups is 1. The number of aliphatic hydroxyl groups excluding tert-OH is 1. The molecule has 13 unspecified atom stereocenters. The number of aliphatic hydroxyl groups is 2. The highest BCUT2D eigenvalue weighted by Gasteiger charge is 2.53. The number of nitrogens with zero attached hydrogens (tertiary/aromatic N) is 1. The van der Waals surface area contributed by atoms with Crippen molar-refractivity contribution in [3.05, 3.63) is 0 Å². The molecule has 3 rings (SSSR count). The van der Waals surface area contributed by atoms with Gasteiger partial charge in [0.05, 0.1) is 53.3 Å². The zero-order valence-corrected chi connectivity index (χ0v) is 37.6. The molecular weight excluding hydrogens is 743 g/mol. The van der Waals surface area contributed by atoms with Crippen molar-refractivity contribution in [1.29, 1.82) is 0 Å². The number of likely N-dealkylation sites (N-methyl/N-ethyl adjacent to an activating group) is 1. The number of cyclic esters (lactones) is 1. The highest BCUT2D eigenvalue weighted by Crippen LogP contribution is 2.45. The number of methoxy groups -OCH3 is 1. The zero-order valence-electron chi connectivity index (χ0n) is 34.4. The third-order valence-corrected chi connectivity index (χ3v) is 14.6. The highest BCUT2D eigenvalue weighted by atomic mass is 31.1. The maximum absolute atomic E-state index is 14.3. The third kappa shape index (κ3) is 10.6. The van der Waals surface area contributed by atoms with Crippen molar-refractivity contribution in [2.45, 2.75) is 180 Å². The molecule has 0 aromatic rings. The van der Waals surface area contributed by atoms with E-state index < -0.39 is 107 Å². The largest absolute Gasteiger partial charge is 0.462 e. The van der Waals surface area contributed by atoms with Gasteiger partial charge >= 0.3 is 5.97 Å². The molecule has 3 heterocycles. The van der Waals surface area contributed by atoms with Crippen LogP contribution in [0.4, 0.5) is 0 Å². The number of ether oxygens (including phenoxy) is 6. The lowest BCUT2D eigenvalue weighted by molar-refractivity contribution is -0.313. The van der Waals surface area contributed by atoms with Gasteiger partial charge in [-0.2, -0.15) is 0 Å². The van der Waals surface area contributed by atoms with Crippen LogP contribution in [0.3, 0.4) is 0 Å². The summed E-state index contributed by atoms with van der Waals surface area (Å²) in [4.78, 5) is 16.3. The first-order valence-electron chi connectivity index (χ1n) is 19.0. The molecule has 3 aliphatic rings. The molecule has 3 aliphatic heterocycles. The molecule has 53 heavy (non-hydrogen) atoms. The van der Waals surface area contributed by atoms with Crippen LogP contribution < -0.4 is 0 Å². The highest BCUT2D eigenvalue weighted by molar-refractivity contribution is 7.24. The fourth-order valence-electron chi connectivity index (χ4n) is 8.96. The van der Waals surface area contributed by atoms with E-state index in [0.717, 1.165) is 0 Å². The maximum atomic E-state index is 14.3. The lowest BCUT2D eigenvalue weighted by Gasteiger charge is -2.50. The first-order valence-corrected chi connectivity index (χ1v) is 20.8. The van der Waals surface area contributed by atoms with Crippen molar-refractivity contribution in [1.82, 2.24) is 4.90 Å². The Balaban J connectivity index is 2.20. The molecule has 3 saturated heterocycles. The van der Waals surface area contributed by atoms with Crippen molar-refractivity contribution in [2.24, 2.45) is 29.1 Å². The summed E-state index contributed by atoms with van der Waals surface area (Å²) in [6.45, 7) is 20.4. The summed E-state index contributed by atoms with van der Waals surface area (Å²) in [6.07, 6.45) is -5.79. The van der Waals surface area contributed by atoms with Gasteiger partial charge in [-0.3, -0.25) is 9.36 Å². The van der Waals surface area contributed by atoms with E-state index in [1.54, 1.807) is 27.9 Å². The zero-order chi connectivity index (χ0) is 40.4. The monoisotopic (exact) mass is 813 g/mol. The van der Waals surface area contributed by atoms with E-state index in [2.05, 4.69) is 23.8 Å². The second-order valence-corrected chi connectivity index (χ2v) is 18.7. The average molecular weight is 814 g/mol. The standard InChI is InChI=1S/C37H70NO12P3/c1-18-16-36(10,41)30(48-34-29(49-51)25(38(12)13)15-19(2)44-34)21(4)28(47-26-17-37(11,43-14)31(50-52)23(6)45-26)22(5)33(40)46-24(7)35(8,9)32(53-42)20(3)27(18)39/h18-32,34,39,41H,15-17,51-52H2,1-14H3/t18?,19-,20+,21+,22-,23+,24?,25?,26?,27?,28?,29?,30?,31?,32?,34?,36+,37-/m1/s1. The van der Waals surface area contributed by atoms with E-state index in [1.165, 1.54) is 0 Å². The Morgan fingerprint density at radius 1 is 0.887 bits per heavy atom. The SMILES string of the molecule is CO[C@]1(C)CC(OC2[C@H](C)C(OC3O[C@H](C)CC(N(C)C)C3OP)[C@@](C)(O)CC(C)C(O)[C@H](C)C(P=O)C(C)(C)C(C)OC(=O)[C@@H]2C)O[C@@H](C)C1OP. The van der Waals surface area contributed by atoms with Gasteiger partial charge in [0.15, 0.2) is 21.0 Å². The van der Waals surface area contributed by atoms with Crippen molar-refractivity contribution in [3.63, 3.8) is 0 Å². The summed E-state index contributed by atoms with van der Waals surface area (Å²) < 4.78 is 63.1. The van der Waals surface area contributed by atoms with Crippen LogP contribution in [0.5, 0.6) is 0 Å². The van der Waals surface area contributed by atoms with Gasteiger partial charge in [-0.05, 0) is 80.3 Å². The van der Waals surface area contributed by atoms with Crippen LogP contribution in [-0.2, 0) is 46.8 Å². The Morgan fingerprint density at radius 2 is 1.51 bits per heavy atom. The fraction of sp³-hybridized carbons (Fsp3) is 0.973. The minimum Gasteiger partial charge on any atom is -0.462 e. The van der Waals surface area contributed by atoms with Gasteiger partial charge in [0, 0.05) is 49.8 Å². The minimum atomic E-state index is -1.61. The molecule has 0 radical (unpaired) electrons. The van der Waals surface area contributed by atoms with Gasteiger partial charge in [-0.15, -0.1) is 0 Å². The van der Waals surface area contributed by atoms with Crippen LogP contribution in [-0.4, -0.2) is 127 Å². The molecular formula is C37H70NO12P3. The van der Waals surface area contributed by atoms with Crippen LogP contribution in [0.15, 0.2) is 0 Å². The molecule has 2 N–H and O–H groups in total. The van der Waals surface area contributed by atoms with E-state index in [-0.39, 0.29) is 33.4 Å². The maximum Gasteiger partial charge on any atom is 0.311 e. The molecule has 16 heteroatoms. The van der Waals surface area contributed by atoms with Gasteiger partial charge in [0.2, 0.25) is 0 Å². The average Bonchev–Trinajstić information content (AvgIpc) is 3.07. The van der Waals surface area contributed by atoms with E-state index >= 15 is 0 Å². The van der Waals surface area contributed by atoms with Crippen molar-refractivity contribution < 1.29 is 57.0 Å². The molecule has 13 nitrogen and oxygen atoms in total. The van der Waals surface area contributed by atoms with Crippen molar-refractivity contribution in [2.75, 3.05) is 21.2 Å². The van der Waals surface area contributed by atoms with Crippen LogP contribution in [0, 0.1) is 29.1 Å². The Labute approximate surface area is 324 Å². The first kappa shape index (κ1) is 47.4. The van der Waals surface area contributed by atoms with Crippen molar-refractivity contribution in [3.8, 4) is 0 Å². The molecule has 0 aromatic carbocycles. The summed E-state index contributed by atoms with van der Waals surface area (Å²) in [7, 11) is 9.99. The molecule has 0 aliphatic carbocycles. The van der Waals surface area contributed by atoms with Gasteiger partial charge in [-0.25, -0.2) is 0 Å². The Hall–Kier alpha value is 0.0300. The van der Waals surface area contributed by atoms with E-state index in [9.17, 15) is 19.6 Å². The quantitative estimate of drug-likeness (QED) is 0.226. The van der Waals surface area contributed by atoms with Crippen LogP contribution in [0.25, 0.3) is 0 Å². The second-order valence-electron chi connectivity index (χ2n) is 17.4. The number of esters is 1. The Morgan fingerprint density at radius 3 is 2.04 bits per heavy atom. The summed E-state index contributed by atoms with van der Waals surface area (Å²) in [5, 5.41) is 24.4. The lowest BCUT2D eigenvalue weighted by atomic mass is 9.72. The molecule has 310 valence electrons. The summed E-state index contributed by atoms with van der Waals surface area (Å²) in [5.74, 6) is -3.03. The van der Waals surface area contributed by atoms with Gasteiger partial charge in [0.1, 0.15) is 18.3 Å². The van der Waals surface area contributed by atoms with Crippen LogP contribution in [0.2, 0.25) is 0 Å². The van der Waals surface area contributed by atoms with E-state index in [1.807, 2.05) is 69.5 Å². The van der Waals surface area contributed by atoms with E-state index in [0.29, 0.717) is 6.42 Å². The summed E-state index contributed by atoms with van der Waals surface area (Å²) in [6, 6.07) is -0.0636. The van der Waals surface area contributed by atoms with Crippen molar-refractivity contribution >= 4 is 33.4 Å². The van der Waals surface area contributed by atoms with E-state index in [4.69, 9.17) is 37.5 Å². The smallest absolute Gasteiger partial charge is 0.311 e. The number of hydrogen-bond donors (Lipinski definition) is 2. The van der Waals surface area contributed by atoms with Gasteiger partial charge in [-0.1, -0.05) is 34.6 Å². The molecule has 0 aromatic heterocycles. The fourth-order valence-corrected chi connectivity index (χ4v) is 10.6. The van der Waals surface area contributed by atoms with Gasteiger partial charge < -0.3 is 52.6 Å². The Kier molecular flexibility index (Phi) is 17.2. The number of hydrogen-bond acceptors (Lipinski definition) is 13. The second kappa shape index (κ2) is 19.2. The number of rotatable bonds is 9. The molecule has 0 amide bonds. The van der Waals surface area contributed by atoms with Crippen LogP contribution in [0.1, 0.15) is 95.4 Å². The molecule has 0 spiro atoms. The topological polar surface area (TPSA) is 152 Å².